The largest absolute Gasteiger partial charge is 0 e. The number of rotatable bonds is 17. The van der Waals surface area contributed by atoms with Gasteiger partial charge in [0.05, 0.1) is 0 Å². The van der Waals surface area contributed by atoms with Gasteiger partial charge in [-0.25, -0.2) is 0 Å². The lowest BCUT2D eigenvalue weighted by Crippen LogP contribution is -2.86. The fourth-order valence-corrected chi connectivity index (χ4v) is 5.39. The molecule has 0 aromatic heterocycles. The van der Waals surface area contributed by atoms with Gasteiger partial charge in [-0.15, -0.1) is 0 Å². The van der Waals surface area contributed by atoms with E-state index in [4.69, 9.17) is 147 Å². The van der Waals surface area contributed by atoms with E-state index in [-0.39, 0.29) is 0 Å². The summed E-state index contributed by atoms with van der Waals surface area (Å²) in [5.41, 5.74) is 0. The first-order chi connectivity index (χ1) is 16.8. The molecule has 0 amide bonds. The van der Waals surface area contributed by atoms with Crippen LogP contribution in [0.2, 0.25) is 0 Å². The van der Waals surface area contributed by atoms with Gasteiger partial charge in [0, 0.05) is 263 Å². The summed E-state index contributed by atoms with van der Waals surface area (Å²) >= 11 is 0. The molecule has 0 saturated heterocycles. The van der Waals surface area contributed by atoms with Gasteiger partial charge in [-0.2, -0.15) is 0 Å². The lowest BCUT2D eigenvalue weighted by molar-refractivity contribution is 3.28. The maximum Gasteiger partial charge on any atom is 0 e. The van der Waals surface area contributed by atoms with Crippen molar-refractivity contribution in [2.24, 2.45) is 0 Å². The van der Waals surface area contributed by atoms with Crippen LogP contribution in [0.5, 0.6) is 0 Å². The summed E-state index contributed by atoms with van der Waals surface area (Å²) in [6.45, 7) is 0. The van der Waals surface area contributed by atoms with Crippen LogP contribution in [0.1, 0.15) is 0 Å². The van der Waals surface area contributed by atoms with Gasteiger partial charge in [-0.3, -0.25) is 0 Å². The third-order valence-corrected chi connectivity index (χ3v) is 7.11. The van der Waals surface area contributed by atoms with Crippen molar-refractivity contribution in [1.29, 1.82) is 0 Å². The Morgan fingerprint density at radius 2 is 0.459 bits per heavy atom. The van der Waals surface area contributed by atoms with E-state index in [0.717, 1.165) is 0 Å². The van der Waals surface area contributed by atoms with Crippen LogP contribution in [0.15, 0.2) is 0 Å². The molecule has 39 radical (unpaired) electrons. The van der Waals surface area contributed by atoms with Gasteiger partial charge in [-0.05, 0) is 0 Å². The van der Waals surface area contributed by atoms with Crippen molar-refractivity contribution >= 4 is 263 Å². The van der Waals surface area contributed by atoms with Crippen LogP contribution in [-0.2, 0) is 0 Å². The molecule has 0 nitrogen and oxygen atoms in total. The van der Waals surface area contributed by atoms with E-state index in [1.807, 2.05) is 0 Å². The molecule has 0 unspecified atom stereocenters. The van der Waals surface area contributed by atoms with Crippen LogP contribution in [0.25, 0.3) is 0 Å². The van der Waals surface area contributed by atoms with E-state index in [2.05, 4.69) is 0 Å². The lowest BCUT2D eigenvalue weighted by atomic mass is 8.33. The Hall–Kier alpha value is 2.40. The molecule has 0 aliphatic carbocycles. The number of hydrogen-bond acceptors (Lipinski definition) is 0. The first-order valence-corrected chi connectivity index (χ1v) is 12.0. The molecule has 0 rings (SSSR count). The Morgan fingerprint density at radius 1 is 0.243 bits per heavy atom. The molecule has 0 aromatic rings. The van der Waals surface area contributed by atoms with Crippen molar-refractivity contribution in [1.82, 2.24) is 0 Å². The summed E-state index contributed by atoms with van der Waals surface area (Å²) in [6, 6.07) is 0. The molecule has 0 aromatic carbocycles. The average molecular weight is 400 g/mol. The van der Waals surface area contributed by atoms with E-state index >= 15 is 0 Å². The minimum atomic E-state index is -1.11. The van der Waals surface area contributed by atoms with E-state index < -0.39 is 109 Å². The fourth-order valence-electron chi connectivity index (χ4n) is 5.39. The Bertz CT molecular complexity index is 523. The maximum atomic E-state index is 6.49. The van der Waals surface area contributed by atoms with Crippen LogP contribution < -0.4 is 0 Å². The van der Waals surface area contributed by atoms with Gasteiger partial charge in [0.1, 0.15) is 0 Å². The Labute approximate surface area is 261 Å². The molecule has 0 bridgehead atoms. The molecule has 37 heteroatoms. The zero-order chi connectivity index (χ0) is 29.5. The second kappa shape index (κ2) is 18.2. The minimum absolute atomic E-state index is 0.864. The molecule has 111 valence electrons. The van der Waals surface area contributed by atoms with E-state index in [9.17, 15) is 0 Å². The van der Waals surface area contributed by atoms with Crippen molar-refractivity contribution in [2.45, 2.75) is 0 Å². The predicted molar refractivity (Wildman–Crippen MR) is 213 cm³/mol. The van der Waals surface area contributed by atoms with Crippen molar-refractivity contribution in [3.63, 3.8) is 0 Å². The van der Waals surface area contributed by atoms with E-state index in [0.29, 0.717) is 0 Å². The monoisotopic (exact) mass is 407 g/mol. The molecule has 0 heterocycles. The Balaban J connectivity index is 7.40. The minimum Gasteiger partial charge on any atom is 0 e. The standard InChI is InChI=1S/B37/c1-21(2)30(19)37(36(28(15)16)29(17)18)32(35(26(11)12)27(13)14)20-31(33(22(3)4)23(5)6)34(24(7)8)25(9)10. The number of hydrogen-bond donors (Lipinski definition) is 0. The molecule has 0 spiro atoms. The van der Waals surface area contributed by atoms with Gasteiger partial charge in [0.15, 0.2) is 0 Å². The molecular weight excluding hydrogens is 400 g/mol. The lowest BCUT2D eigenvalue weighted by Gasteiger charge is -2.48. The molecule has 0 aliphatic heterocycles. The second-order valence-corrected chi connectivity index (χ2v) is 10.0. The third-order valence-electron chi connectivity index (χ3n) is 7.11. The highest BCUT2D eigenvalue weighted by Gasteiger charge is 2.50. The van der Waals surface area contributed by atoms with Crippen LogP contribution >= 0.6 is 0 Å². The van der Waals surface area contributed by atoms with E-state index in [1.54, 1.807) is 7.06 Å². The van der Waals surface area contributed by atoms with Crippen molar-refractivity contribution < 1.29 is 0 Å². The zero-order valence-electron chi connectivity index (χ0n) is 21.4. The normalized spacial score (nSPS) is 9.51. The molecule has 0 atom stereocenters. The zero-order valence-corrected chi connectivity index (χ0v) is 21.4. The van der Waals surface area contributed by atoms with Crippen LogP contribution in [-0.4, -0.2) is 263 Å². The summed E-state index contributed by atoms with van der Waals surface area (Å²) in [5, 5.41) is 0. The first-order valence-electron chi connectivity index (χ1n) is 12.0. The Kier molecular flexibility index (Phi) is 19.3. The second-order valence-electron chi connectivity index (χ2n) is 10.0. The molecule has 37 heavy (non-hydrogen) atoms. The summed E-state index contributed by atoms with van der Waals surface area (Å²) < 4.78 is 0. The molecular formula is B37. The van der Waals surface area contributed by atoms with Crippen molar-refractivity contribution in [3.8, 4) is 0 Å². The highest BCUT2D eigenvalue weighted by molar-refractivity contribution is 8.25. The van der Waals surface area contributed by atoms with Crippen molar-refractivity contribution in [3.05, 3.63) is 0 Å². The van der Waals surface area contributed by atoms with Gasteiger partial charge in [0.2, 0.25) is 0 Å². The molecule has 0 aliphatic rings. The average Bonchev–Trinajstić information content (AvgIpc) is 2.68. The van der Waals surface area contributed by atoms with Gasteiger partial charge in [-0.1, -0.05) is 0 Å². The Morgan fingerprint density at radius 3 is 0.649 bits per heavy atom. The first kappa shape index (κ1) is 39.4. The highest BCUT2D eigenvalue weighted by atomic mass is 13.3. The quantitative estimate of drug-likeness (QED) is 0.213. The van der Waals surface area contributed by atoms with Crippen LogP contribution in [0.4, 0.5) is 0 Å². The van der Waals surface area contributed by atoms with Crippen LogP contribution in [0.3, 0.4) is 0 Å². The van der Waals surface area contributed by atoms with Crippen LogP contribution in [0, 0.1) is 0 Å². The maximum absolute atomic E-state index is 6.49. The third kappa shape index (κ3) is 11.5. The van der Waals surface area contributed by atoms with Gasteiger partial charge in [0.25, 0.3) is 0 Å². The molecule has 0 saturated carbocycles. The summed E-state index contributed by atoms with van der Waals surface area (Å²) in [6.07, 6.45) is -17.1. The summed E-state index contributed by atoms with van der Waals surface area (Å²) in [7, 11) is 118. The predicted octanol–water partition coefficient (Wildman–Crippen LogP) is -14.1. The van der Waals surface area contributed by atoms with Gasteiger partial charge < -0.3 is 0 Å². The van der Waals surface area contributed by atoms with Gasteiger partial charge >= 0.3 is 0 Å². The SMILES string of the molecule is [B]B([B])B([B])B(B([B]B(B(B([B])[B])B([B])[B])B(B([B])[B])B([B])[B])B(B([B])[B])B([B])[B])B(B([B])[B])B([B])[B]. The summed E-state index contributed by atoms with van der Waals surface area (Å²) in [4.78, 5) is 0. The summed E-state index contributed by atoms with van der Waals surface area (Å²) in [5.74, 6) is 0. The van der Waals surface area contributed by atoms with Crippen molar-refractivity contribution in [2.75, 3.05) is 0 Å². The topological polar surface area (TPSA) is 0 Å². The molecule has 0 N–H and O–H groups in total. The fraction of sp³-hybridized carbons (Fsp3) is 0. The molecule has 0 fully saturated rings. The smallest absolute Gasteiger partial charge is 0 e. The highest BCUT2D eigenvalue weighted by Crippen LogP contribution is 2.12. The van der Waals surface area contributed by atoms with E-state index in [1.165, 1.54) is 0 Å².